The van der Waals surface area contributed by atoms with Crippen molar-refractivity contribution in [1.29, 1.82) is 0 Å². The summed E-state index contributed by atoms with van der Waals surface area (Å²) in [7, 11) is 1.80. The van der Waals surface area contributed by atoms with Gasteiger partial charge in [-0.15, -0.1) is 0 Å². The van der Waals surface area contributed by atoms with Crippen molar-refractivity contribution in [2.75, 3.05) is 13.6 Å². The van der Waals surface area contributed by atoms with E-state index >= 15 is 0 Å². The van der Waals surface area contributed by atoms with E-state index in [0.29, 0.717) is 5.11 Å². The molecular formula is C10H13ClN2S. The Morgan fingerprint density at radius 3 is 2.93 bits per heavy atom. The second kappa shape index (κ2) is 5.83. The highest BCUT2D eigenvalue weighted by Gasteiger charge is 1.95. The van der Waals surface area contributed by atoms with Crippen LogP contribution in [0.15, 0.2) is 24.3 Å². The number of hydrogen-bond acceptors (Lipinski definition) is 1. The molecule has 14 heavy (non-hydrogen) atoms. The van der Waals surface area contributed by atoms with Gasteiger partial charge in [0.2, 0.25) is 0 Å². The third kappa shape index (κ3) is 3.94. The van der Waals surface area contributed by atoms with E-state index in [1.54, 1.807) is 7.05 Å². The smallest absolute Gasteiger partial charge is 0.166 e. The van der Waals surface area contributed by atoms with Crippen molar-refractivity contribution in [3.05, 3.63) is 34.9 Å². The van der Waals surface area contributed by atoms with Crippen LogP contribution in [0.2, 0.25) is 5.02 Å². The van der Waals surface area contributed by atoms with Crippen LogP contribution in [0.25, 0.3) is 0 Å². The molecule has 0 aliphatic rings. The van der Waals surface area contributed by atoms with Crippen LogP contribution in [0.4, 0.5) is 0 Å². The minimum atomic E-state index is 0.673. The molecule has 0 unspecified atom stereocenters. The van der Waals surface area contributed by atoms with Crippen LogP contribution in [0, 0.1) is 0 Å². The summed E-state index contributed by atoms with van der Waals surface area (Å²) in [4.78, 5) is 0. The van der Waals surface area contributed by atoms with Crippen molar-refractivity contribution in [2.45, 2.75) is 6.42 Å². The number of benzene rings is 1. The summed E-state index contributed by atoms with van der Waals surface area (Å²) in [6.45, 7) is 0.819. The standard InChI is InChI=1S/C10H13ClN2S/c1-12-10(14)13-6-5-8-3-2-4-9(11)7-8/h2-4,7H,5-6H2,1H3,(H2,12,13,14). The molecule has 1 aromatic carbocycles. The first kappa shape index (κ1) is 11.3. The van der Waals surface area contributed by atoms with Gasteiger partial charge in [0.1, 0.15) is 0 Å². The van der Waals surface area contributed by atoms with Gasteiger partial charge in [-0.05, 0) is 36.3 Å². The van der Waals surface area contributed by atoms with Gasteiger partial charge in [0, 0.05) is 18.6 Å². The van der Waals surface area contributed by atoms with Gasteiger partial charge >= 0.3 is 0 Å². The highest BCUT2D eigenvalue weighted by atomic mass is 35.5. The fraction of sp³-hybridized carbons (Fsp3) is 0.300. The van der Waals surface area contributed by atoms with Crippen LogP contribution in [-0.2, 0) is 6.42 Å². The van der Waals surface area contributed by atoms with Crippen molar-refractivity contribution >= 4 is 28.9 Å². The number of nitrogens with one attached hydrogen (secondary N) is 2. The van der Waals surface area contributed by atoms with Gasteiger partial charge in [-0.3, -0.25) is 0 Å². The summed E-state index contributed by atoms with van der Waals surface area (Å²) in [6, 6.07) is 7.84. The molecule has 0 saturated carbocycles. The van der Waals surface area contributed by atoms with E-state index in [1.807, 2.05) is 18.2 Å². The van der Waals surface area contributed by atoms with Crippen molar-refractivity contribution < 1.29 is 0 Å². The molecule has 4 heteroatoms. The van der Waals surface area contributed by atoms with Crippen LogP contribution < -0.4 is 10.6 Å². The molecule has 1 aromatic rings. The van der Waals surface area contributed by atoms with Gasteiger partial charge in [0.15, 0.2) is 5.11 Å². The van der Waals surface area contributed by atoms with Crippen LogP contribution >= 0.6 is 23.8 Å². The molecule has 0 aliphatic heterocycles. The molecule has 0 fully saturated rings. The Morgan fingerprint density at radius 2 is 2.29 bits per heavy atom. The summed E-state index contributed by atoms with van der Waals surface area (Å²) in [6.07, 6.45) is 0.919. The third-order valence-corrected chi connectivity index (χ3v) is 2.40. The first-order chi connectivity index (χ1) is 6.72. The zero-order valence-electron chi connectivity index (χ0n) is 8.01. The maximum Gasteiger partial charge on any atom is 0.166 e. The molecule has 0 spiro atoms. The normalized spacial score (nSPS) is 9.57. The van der Waals surface area contributed by atoms with Crippen molar-refractivity contribution in [2.24, 2.45) is 0 Å². The first-order valence-corrected chi connectivity index (χ1v) is 5.21. The summed E-state index contributed by atoms with van der Waals surface area (Å²) in [5, 5.41) is 7.38. The second-order valence-electron chi connectivity index (χ2n) is 2.89. The zero-order valence-corrected chi connectivity index (χ0v) is 9.58. The van der Waals surface area contributed by atoms with Gasteiger partial charge in [0.25, 0.3) is 0 Å². The van der Waals surface area contributed by atoms with Gasteiger partial charge in [-0.1, -0.05) is 23.7 Å². The topological polar surface area (TPSA) is 24.1 Å². The summed E-state index contributed by atoms with van der Waals surface area (Å²) < 4.78 is 0. The minimum absolute atomic E-state index is 0.673. The Hall–Kier alpha value is -0.800. The monoisotopic (exact) mass is 228 g/mol. The van der Waals surface area contributed by atoms with Crippen LogP contribution in [0.1, 0.15) is 5.56 Å². The number of thiocarbonyl (C=S) groups is 1. The van der Waals surface area contributed by atoms with Crippen LogP contribution in [0.5, 0.6) is 0 Å². The highest BCUT2D eigenvalue weighted by Crippen LogP contribution is 2.10. The zero-order chi connectivity index (χ0) is 10.4. The van der Waals surface area contributed by atoms with Gasteiger partial charge in [0.05, 0.1) is 0 Å². The molecule has 2 N–H and O–H groups in total. The largest absolute Gasteiger partial charge is 0.366 e. The molecule has 2 nitrogen and oxygen atoms in total. The van der Waals surface area contributed by atoms with E-state index in [4.69, 9.17) is 23.8 Å². The maximum atomic E-state index is 5.86. The summed E-state index contributed by atoms with van der Waals surface area (Å²) >= 11 is 10.8. The average Bonchev–Trinajstić information content (AvgIpc) is 2.17. The quantitative estimate of drug-likeness (QED) is 0.774. The van der Waals surface area contributed by atoms with Crippen LogP contribution in [-0.4, -0.2) is 18.7 Å². The predicted molar refractivity (Wildman–Crippen MR) is 64.8 cm³/mol. The Balaban J connectivity index is 2.35. The molecule has 0 radical (unpaired) electrons. The first-order valence-electron chi connectivity index (χ1n) is 4.42. The minimum Gasteiger partial charge on any atom is -0.366 e. The molecule has 76 valence electrons. The maximum absolute atomic E-state index is 5.86. The number of halogens is 1. The molecule has 0 bridgehead atoms. The molecule has 0 aromatic heterocycles. The number of rotatable bonds is 3. The average molecular weight is 229 g/mol. The summed E-state index contributed by atoms with van der Waals surface area (Å²) in [5.41, 5.74) is 1.21. The number of hydrogen-bond donors (Lipinski definition) is 2. The molecule has 0 atom stereocenters. The molecule has 0 aliphatic carbocycles. The van der Waals surface area contributed by atoms with Crippen molar-refractivity contribution in [3.8, 4) is 0 Å². The third-order valence-electron chi connectivity index (χ3n) is 1.82. The van der Waals surface area contributed by atoms with Gasteiger partial charge in [-0.2, -0.15) is 0 Å². The Labute approximate surface area is 94.7 Å². The van der Waals surface area contributed by atoms with E-state index in [2.05, 4.69) is 16.7 Å². The molecular weight excluding hydrogens is 216 g/mol. The second-order valence-corrected chi connectivity index (χ2v) is 3.73. The van der Waals surface area contributed by atoms with Gasteiger partial charge in [-0.25, -0.2) is 0 Å². The van der Waals surface area contributed by atoms with Crippen molar-refractivity contribution in [1.82, 2.24) is 10.6 Å². The molecule has 0 heterocycles. The van der Waals surface area contributed by atoms with E-state index in [-0.39, 0.29) is 0 Å². The van der Waals surface area contributed by atoms with E-state index < -0.39 is 0 Å². The lowest BCUT2D eigenvalue weighted by molar-refractivity contribution is 0.851. The Kier molecular flexibility index (Phi) is 4.70. The predicted octanol–water partition coefficient (Wildman–Crippen LogP) is 1.98. The van der Waals surface area contributed by atoms with Crippen LogP contribution in [0.3, 0.4) is 0 Å². The Morgan fingerprint density at radius 1 is 1.50 bits per heavy atom. The fourth-order valence-electron chi connectivity index (χ4n) is 1.10. The van der Waals surface area contributed by atoms with Crippen molar-refractivity contribution in [3.63, 3.8) is 0 Å². The lowest BCUT2D eigenvalue weighted by Crippen LogP contribution is -2.33. The molecule has 1 rings (SSSR count). The highest BCUT2D eigenvalue weighted by molar-refractivity contribution is 7.80. The van der Waals surface area contributed by atoms with E-state index in [9.17, 15) is 0 Å². The molecule has 0 saturated heterocycles. The van der Waals surface area contributed by atoms with Gasteiger partial charge < -0.3 is 10.6 Å². The van der Waals surface area contributed by atoms with E-state index in [0.717, 1.165) is 18.0 Å². The molecule has 0 amide bonds. The lowest BCUT2D eigenvalue weighted by Gasteiger charge is -2.06. The Bertz CT molecular complexity index is 315. The SMILES string of the molecule is CNC(=S)NCCc1cccc(Cl)c1. The summed E-state index contributed by atoms with van der Waals surface area (Å²) in [5.74, 6) is 0. The fourth-order valence-corrected chi connectivity index (χ4v) is 1.42. The van der Waals surface area contributed by atoms with E-state index in [1.165, 1.54) is 5.56 Å². The lowest BCUT2D eigenvalue weighted by atomic mass is 10.1.